The fourth-order valence-electron chi connectivity index (χ4n) is 6.41. The van der Waals surface area contributed by atoms with Crippen LogP contribution in [0.3, 0.4) is 0 Å². The molecule has 0 unspecified atom stereocenters. The second-order valence-corrected chi connectivity index (χ2v) is 12.1. The molecule has 0 amide bonds. The molecule has 25 heteroatoms. The molecule has 0 atom stereocenters. The number of alkyl halides is 24. The van der Waals surface area contributed by atoms with Crippen molar-refractivity contribution < 1.29 is 105 Å². The summed E-state index contributed by atoms with van der Waals surface area (Å²) in [5.41, 5.74) is -29.4. The van der Waals surface area contributed by atoms with Crippen LogP contribution in [0.25, 0.3) is 0 Å². The third kappa shape index (κ3) is 8.75. The summed E-state index contributed by atoms with van der Waals surface area (Å²) >= 11 is 0. The summed E-state index contributed by atoms with van der Waals surface area (Å²) in [5, 5.41) is 0. The third-order valence-corrected chi connectivity index (χ3v) is 8.62. The first-order valence-corrected chi connectivity index (χ1v) is 14.6. The summed E-state index contributed by atoms with van der Waals surface area (Å²) in [4.78, 5) is 0. The van der Waals surface area contributed by atoms with Crippen molar-refractivity contribution in [3.63, 3.8) is 0 Å². The molecule has 0 fully saturated rings. The predicted octanol–water partition coefficient (Wildman–Crippen LogP) is 11.2. The van der Waals surface area contributed by atoms with Crippen molar-refractivity contribution >= 4 is 28.0 Å². The molecule has 0 radical (unpaired) electrons. The van der Waals surface area contributed by atoms with Crippen LogP contribution in [-0.2, 0) is 49.4 Å². The van der Waals surface area contributed by atoms with Crippen LogP contribution in [0.1, 0.15) is 44.5 Å². The molecule has 57 heavy (non-hydrogen) atoms. The standard InChI is InChI=1S/C32H12BF24/c34-25(35,36)17-5-1-13(9-21(17)29(46,47)48)33(14-2-6-18(26(37,38)39)22(10-14)30(49,50)51,15-3-7-19(27(40,41)42)23(11-15)31(52,53)54)16-4-8-20(28(43,44)45)24(12-16)32(55,56)57/h1-12H/q-1. The molecule has 0 nitrogen and oxygen atoms in total. The van der Waals surface area contributed by atoms with Gasteiger partial charge in [0.2, 0.25) is 0 Å². The molecule has 0 aliphatic carbocycles. The van der Waals surface area contributed by atoms with Crippen molar-refractivity contribution in [2.45, 2.75) is 49.4 Å². The Kier molecular flexibility index (Phi) is 10.8. The maximum absolute atomic E-state index is 14.3. The van der Waals surface area contributed by atoms with Crippen molar-refractivity contribution in [3.8, 4) is 0 Å². The number of benzene rings is 4. The first-order valence-electron chi connectivity index (χ1n) is 14.6. The molecule has 0 aromatic heterocycles. The fourth-order valence-corrected chi connectivity index (χ4v) is 6.41. The summed E-state index contributed by atoms with van der Waals surface area (Å²) in [6, 6.07) is -5.96. The highest BCUT2D eigenvalue weighted by Crippen LogP contribution is 2.45. The Hall–Kier alpha value is -4.74. The van der Waals surface area contributed by atoms with E-state index >= 15 is 0 Å². The lowest BCUT2D eigenvalue weighted by molar-refractivity contribution is -0.162. The quantitative estimate of drug-likeness (QED) is 0.142. The molecule has 0 aliphatic rings. The van der Waals surface area contributed by atoms with E-state index in [4.69, 9.17) is 0 Å². The zero-order valence-electron chi connectivity index (χ0n) is 26.6. The molecule has 4 rings (SSSR count). The van der Waals surface area contributed by atoms with E-state index in [9.17, 15) is 105 Å². The zero-order chi connectivity index (χ0) is 43.9. The average molecular weight is 863 g/mol. The molecule has 0 N–H and O–H groups in total. The van der Waals surface area contributed by atoms with Gasteiger partial charge in [0.05, 0.1) is 44.5 Å². The first-order chi connectivity index (χ1) is 25.3. The van der Waals surface area contributed by atoms with Gasteiger partial charge in [-0.1, -0.05) is 72.8 Å². The molecule has 0 saturated carbocycles. The number of hydrogen-bond donors (Lipinski definition) is 0. The van der Waals surface area contributed by atoms with Gasteiger partial charge in [-0.3, -0.25) is 0 Å². The number of hydrogen-bond acceptors (Lipinski definition) is 0. The van der Waals surface area contributed by atoms with Crippen LogP contribution in [0.4, 0.5) is 105 Å². The highest BCUT2D eigenvalue weighted by Gasteiger charge is 2.50. The zero-order valence-corrected chi connectivity index (χ0v) is 26.6. The van der Waals surface area contributed by atoms with Gasteiger partial charge in [-0.2, -0.15) is 127 Å². The fraction of sp³-hybridized carbons (Fsp3) is 0.250. The largest absolute Gasteiger partial charge is 0.417 e. The Morgan fingerprint density at radius 1 is 0.211 bits per heavy atom. The summed E-state index contributed by atoms with van der Waals surface area (Å²) in [6.07, 6.45) is -54.4. The molecule has 0 saturated heterocycles. The van der Waals surface area contributed by atoms with E-state index in [2.05, 4.69) is 0 Å². The Morgan fingerprint density at radius 3 is 0.474 bits per heavy atom. The molecular weight excluding hydrogens is 851 g/mol. The number of rotatable bonds is 4. The minimum Gasteiger partial charge on any atom is -0.195 e. The molecule has 0 heterocycles. The van der Waals surface area contributed by atoms with E-state index in [0.717, 1.165) is 0 Å². The average Bonchev–Trinajstić information content (AvgIpc) is 3.01. The van der Waals surface area contributed by atoms with Gasteiger partial charge in [0.15, 0.2) is 0 Å². The molecule has 4 aromatic rings. The van der Waals surface area contributed by atoms with Crippen LogP contribution in [0.15, 0.2) is 72.8 Å². The maximum Gasteiger partial charge on any atom is 0.417 e. The lowest BCUT2D eigenvalue weighted by atomic mass is 9.13. The van der Waals surface area contributed by atoms with Crippen LogP contribution in [0, 0.1) is 0 Å². The topological polar surface area (TPSA) is 0 Å². The molecule has 312 valence electrons. The normalized spacial score (nSPS) is 14.3. The van der Waals surface area contributed by atoms with E-state index in [1.54, 1.807) is 0 Å². The molecule has 4 aromatic carbocycles. The molecular formula is C32H12BF24-. The van der Waals surface area contributed by atoms with E-state index in [0.29, 0.717) is 0 Å². The first kappa shape index (κ1) is 45.0. The Labute approximate surface area is 300 Å². The van der Waals surface area contributed by atoms with Crippen molar-refractivity contribution in [2.24, 2.45) is 0 Å². The smallest absolute Gasteiger partial charge is 0.195 e. The van der Waals surface area contributed by atoms with Gasteiger partial charge in [-0.05, 0) is 0 Å². The van der Waals surface area contributed by atoms with Crippen LogP contribution < -0.4 is 21.9 Å². The molecule has 0 aliphatic heterocycles. The number of halogens is 24. The summed E-state index contributed by atoms with van der Waals surface area (Å²) in [7, 11) is 0. The summed E-state index contributed by atoms with van der Waals surface area (Å²) in [6.45, 7) is 0. The summed E-state index contributed by atoms with van der Waals surface area (Å²) < 4.78 is 337. The second kappa shape index (κ2) is 13.7. The maximum atomic E-state index is 14.3. The minimum absolute atomic E-state index is 0.209. The van der Waals surface area contributed by atoms with Crippen LogP contribution in [0.5, 0.6) is 0 Å². The van der Waals surface area contributed by atoms with Crippen molar-refractivity contribution in [1.82, 2.24) is 0 Å². The molecule has 0 bridgehead atoms. The summed E-state index contributed by atoms with van der Waals surface area (Å²) in [5.74, 6) is 0. The van der Waals surface area contributed by atoms with Gasteiger partial charge in [-0.15, -0.1) is 0 Å². The molecule has 0 spiro atoms. The highest BCUT2D eigenvalue weighted by molar-refractivity contribution is 7.20. The van der Waals surface area contributed by atoms with Gasteiger partial charge < -0.3 is 0 Å². The van der Waals surface area contributed by atoms with E-state index < -0.39 is 170 Å². The van der Waals surface area contributed by atoms with E-state index in [-0.39, 0.29) is 24.3 Å². The minimum atomic E-state index is -6.26. The van der Waals surface area contributed by atoms with Gasteiger partial charge in [0.25, 0.3) is 0 Å². The van der Waals surface area contributed by atoms with E-state index in [1.807, 2.05) is 0 Å². The van der Waals surface area contributed by atoms with Gasteiger partial charge in [-0.25, -0.2) is 0 Å². The van der Waals surface area contributed by atoms with Crippen molar-refractivity contribution in [2.75, 3.05) is 0 Å². The second-order valence-electron chi connectivity index (χ2n) is 12.1. The Balaban J connectivity index is 2.50. The van der Waals surface area contributed by atoms with Crippen LogP contribution >= 0.6 is 0 Å². The lowest BCUT2D eigenvalue weighted by Crippen LogP contribution is -2.75. The van der Waals surface area contributed by atoms with Gasteiger partial charge in [0.1, 0.15) is 6.15 Å². The third-order valence-electron chi connectivity index (χ3n) is 8.62. The van der Waals surface area contributed by atoms with Gasteiger partial charge >= 0.3 is 49.4 Å². The van der Waals surface area contributed by atoms with Crippen molar-refractivity contribution in [1.29, 1.82) is 0 Å². The Morgan fingerprint density at radius 2 is 0.351 bits per heavy atom. The van der Waals surface area contributed by atoms with E-state index in [1.165, 1.54) is 0 Å². The van der Waals surface area contributed by atoms with Crippen LogP contribution in [0.2, 0.25) is 0 Å². The monoisotopic (exact) mass is 863 g/mol. The Bertz CT molecular complexity index is 1830. The SMILES string of the molecule is FC(F)(F)c1ccc([B-](c2ccc(C(F)(F)F)c(C(F)(F)F)c2)(c2ccc(C(F)(F)F)c(C(F)(F)F)c2)c2ccc(C(F)(F)F)c(C(F)(F)F)c2)cc1C(F)(F)F. The van der Waals surface area contributed by atoms with Crippen molar-refractivity contribution in [3.05, 3.63) is 117 Å². The highest BCUT2D eigenvalue weighted by atomic mass is 19.4. The lowest BCUT2D eigenvalue weighted by Gasteiger charge is -2.46. The predicted molar refractivity (Wildman–Crippen MR) is 150 cm³/mol. The van der Waals surface area contributed by atoms with Gasteiger partial charge in [0, 0.05) is 0 Å². The van der Waals surface area contributed by atoms with Crippen LogP contribution in [-0.4, -0.2) is 6.15 Å².